The van der Waals surface area contributed by atoms with E-state index < -0.39 is 116 Å². The van der Waals surface area contributed by atoms with Gasteiger partial charge >= 0.3 is 23.9 Å². The van der Waals surface area contributed by atoms with Gasteiger partial charge in [0.05, 0.1) is 72.1 Å². The first-order valence-electron chi connectivity index (χ1n) is 34.7. The molecule has 7 aromatic rings. The predicted octanol–water partition coefficient (Wildman–Crippen LogP) is 14.7. The molecule has 0 aromatic heterocycles. The molecule has 13 rings (SSSR count). The van der Waals surface area contributed by atoms with Crippen molar-refractivity contribution in [2.75, 3.05) is 19.0 Å². The summed E-state index contributed by atoms with van der Waals surface area (Å²) in [6, 6.07) is 65.0. The fourth-order valence-corrected chi connectivity index (χ4v) is 16.0. The zero-order valence-electron chi connectivity index (χ0n) is 57.1. The Balaban J connectivity index is 0.000000190. The summed E-state index contributed by atoms with van der Waals surface area (Å²) in [5.41, 5.74) is 2.66. The minimum atomic E-state index is -0.988. The van der Waals surface area contributed by atoms with Gasteiger partial charge in [0.2, 0.25) is 0 Å². The van der Waals surface area contributed by atoms with E-state index in [-0.39, 0.29) is 54.5 Å². The van der Waals surface area contributed by atoms with Crippen LogP contribution in [0.1, 0.15) is 126 Å². The molecule has 18 nitrogen and oxygen atoms in total. The van der Waals surface area contributed by atoms with Crippen molar-refractivity contribution >= 4 is 47.4 Å². The molecule has 0 saturated carbocycles. The summed E-state index contributed by atoms with van der Waals surface area (Å²) in [6.07, 6.45) is -8.41. The molecule has 528 valence electrons. The van der Waals surface area contributed by atoms with Crippen molar-refractivity contribution in [2.45, 2.75) is 175 Å². The Morgan fingerprint density at radius 3 is 1.04 bits per heavy atom. The lowest BCUT2D eigenvalue weighted by Gasteiger charge is -2.51. The molecule has 6 aliphatic heterocycles. The van der Waals surface area contributed by atoms with Crippen molar-refractivity contribution < 1.29 is 85.5 Å². The molecule has 0 radical (unpaired) electrons. The third kappa shape index (κ3) is 17.3. The zero-order valence-corrected chi connectivity index (χ0v) is 58.7. The SMILES string of the molecule is CCC1O[C@@H](Sc2ccccc2)C(OC(=O)c2ccccc2)[C@@H](C)[C@H]1O[C@@H]1OC2COC(c3ccccc3)O[C@@H]2[C@H](C)C1OC(=O)c1ccccc1.CCS[C@@H]1OC(CC)[C@H](O[C@@H]2OC3COC(c4ccccc4)O[C@@H]3[C@H](C)C2OC(=O)c2ccccc2)[C@H](C)C1OC(=O)c1ccccc1. The standard InChI is InChI=1S/C42H44O9S.C38H44O9S/c1-4-32-34(27(3)37(49-39(44)29-19-11-6-12-20-29)42(47-32)52-31-23-15-8-16-24-31)51-41-36(48-38(43)28-17-9-5-10-18-28)26(2)35-33(46-41)25-45-40(50-35)30-21-13-7-14-22-30;1-5-28-30(24(4)33(38(43-28)48-6-2)45-35(40)26-18-12-8-13-19-26)47-37-32(44-34(39)25-16-10-7-11-17-25)23(3)31-29(42-37)22-41-36(46-31)27-20-14-9-15-21-27/h5-24,26-27,32-37,40-42H,4,25H2,1-3H3;7-21,23-24,28-33,36-38H,5-6,22H2,1-4H3/t26-,27-,32?,33?,34+,35+,36?,37?,40?,41-,42-;23-,24-,28?,29?,30+,31+,32?,33?,36?,37-,38-/m00/s1. The number of ether oxygens (including phenoxy) is 14. The first-order chi connectivity index (χ1) is 48.8. The van der Waals surface area contributed by atoms with Gasteiger partial charge in [-0.15, -0.1) is 11.8 Å². The minimum absolute atomic E-state index is 0.259. The molecule has 6 fully saturated rings. The summed E-state index contributed by atoms with van der Waals surface area (Å²) in [5.74, 6) is -2.32. The second kappa shape index (κ2) is 34.6. The van der Waals surface area contributed by atoms with Crippen LogP contribution in [0.5, 0.6) is 0 Å². The third-order valence-electron chi connectivity index (χ3n) is 19.2. The third-order valence-corrected chi connectivity index (χ3v) is 21.4. The predicted molar refractivity (Wildman–Crippen MR) is 375 cm³/mol. The molecular formula is C80H88O18S2. The summed E-state index contributed by atoms with van der Waals surface area (Å²) in [4.78, 5) is 54.8. The maximum absolute atomic E-state index is 13.6. The average molecular weight is 1400 g/mol. The second-order valence-electron chi connectivity index (χ2n) is 25.8. The van der Waals surface area contributed by atoms with Gasteiger partial charge in [0.1, 0.15) is 35.3 Å². The van der Waals surface area contributed by atoms with Crippen LogP contribution in [0.15, 0.2) is 217 Å². The van der Waals surface area contributed by atoms with Crippen molar-refractivity contribution in [3.8, 4) is 0 Å². The molecule has 0 aliphatic carbocycles. The quantitative estimate of drug-likeness (QED) is 0.0515. The van der Waals surface area contributed by atoms with Crippen LogP contribution in [0, 0.1) is 23.7 Å². The van der Waals surface area contributed by atoms with Crippen molar-refractivity contribution in [3.05, 3.63) is 246 Å². The van der Waals surface area contributed by atoms with E-state index in [1.165, 1.54) is 11.8 Å². The summed E-state index contributed by atoms with van der Waals surface area (Å²) < 4.78 is 90.4. The van der Waals surface area contributed by atoms with Crippen LogP contribution in [-0.4, -0.2) is 140 Å². The molecule has 10 unspecified atom stereocenters. The number of hydrogen-bond donors (Lipinski definition) is 0. The highest BCUT2D eigenvalue weighted by atomic mass is 32.2. The maximum Gasteiger partial charge on any atom is 0.338 e. The Bertz CT molecular complexity index is 3700. The van der Waals surface area contributed by atoms with Gasteiger partial charge in [-0.3, -0.25) is 0 Å². The molecular weight excluding hydrogens is 1310 g/mol. The molecule has 0 N–H and O–H groups in total. The monoisotopic (exact) mass is 1400 g/mol. The van der Waals surface area contributed by atoms with E-state index in [9.17, 15) is 19.2 Å². The number of hydrogen-bond acceptors (Lipinski definition) is 20. The fourth-order valence-electron chi connectivity index (χ4n) is 13.7. The largest absolute Gasteiger partial charge is 0.455 e. The first kappa shape index (κ1) is 72.5. The lowest BCUT2D eigenvalue weighted by molar-refractivity contribution is -0.366. The Kier molecular flexibility index (Phi) is 25.1. The zero-order chi connectivity index (χ0) is 69.7. The van der Waals surface area contributed by atoms with E-state index >= 15 is 0 Å². The van der Waals surface area contributed by atoms with E-state index in [1.807, 2.05) is 164 Å². The number of benzene rings is 7. The Hall–Kier alpha value is -7.28. The van der Waals surface area contributed by atoms with Gasteiger partial charge in [0, 0.05) is 39.7 Å². The van der Waals surface area contributed by atoms with Gasteiger partial charge in [0.25, 0.3) is 0 Å². The molecule has 6 aliphatic rings. The lowest BCUT2D eigenvalue weighted by atomic mass is 9.88. The maximum atomic E-state index is 13.6. The van der Waals surface area contributed by atoms with Crippen LogP contribution in [0.4, 0.5) is 0 Å². The van der Waals surface area contributed by atoms with Crippen LogP contribution in [0.25, 0.3) is 0 Å². The smallest absolute Gasteiger partial charge is 0.338 e. The van der Waals surface area contributed by atoms with E-state index in [1.54, 1.807) is 109 Å². The molecule has 6 heterocycles. The number of esters is 4. The number of carbonyl (C=O) groups excluding carboxylic acids is 4. The van der Waals surface area contributed by atoms with Crippen LogP contribution >= 0.6 is 23.5 Å². The van der Waals surface area contributed by atoms with Crippen LogP contribution in [0.2, 0.25) is 0 Å². The van der Waals surface area contributed by atoms with Gasteiger partial charge in [-0.2, -0.15) is 0 Å². The van der Waals surface area contributed by atoms with E-state index in [2.05, 4.69) is 0 Å². The first-order valence-corrected chi connectivity index (χ1v) is 36.6. The molecule has 22 atom stereocenters. The van der Waals surface area contributed by atoms with Gasteiger partial charge < -0.3 is 66.3 Å². The Morgan fingerprint density at radius 2 is 0.690 bits per heavy atom. The minimum Gasteiger partial charge on any atom is -0.455 e. The van der Waals surface area contributed by atoms with Crippen molar-refractivity contribution in [1.29, 1.82) is 0 Å². The number of rotatable bonds is 20. The number of carbonyl (C=O) groups is 4. The van der Waals surface area contributed by atoms with Gasteiger partial charge in [-0.25, -0.2) is 19.2 Å². The summed E-state index contributed by atoms with van der Waals surface area (Å²) in [7, 11) is 0. The van der Waals surface area contributed by atoms with Gasteiger partial charge in [0.15, 0.2) is 37.4 Å². The highest BCUT2D eigenvalue weighted by Crippen LogP contribution is 2.46. The van der Waals surface area contributed by atoms with Gasteiger partial charge in [-0.05, 0) is 79.3 Å². The molecule has 6 saturated heterocycles. The Morgan fingerprint density at radius 1 is 0.370 bits per heavy atom. The van der Waals surface area contributed by atoms with Crippen molar-refractivity contribution in [2.24, 2.45) is 23.7 Å². The molecule has 20 heteroatoms. The second-order valence-corrected chi connectivity index (χ2v) is 28.4. The van der Waals surface area contributed by atoms with E-state index in [4.69, 9.17) is 66.3 Å². The fraction of sp³-hybridized carbons (Fsp3) is 0.425. The van der Waals surface area contributed by atoms with Crippen molar-refractivity contribution in [1.82, 2.24) is 0 Å². The van der Waals surface area contributed by atoms with Crippen molar-refractivity contribution in [3.63, 3.8) is 0 Å². The highest BCUT2D eigenvalue weighted by molar-refractivity contribution is 8.00. The molecule has 100 heavy (non-hydrogen) atoms. The molecule has 7 aromatic carbocycles. The summed E-state index contributed by atoms with van der Waals surface area (Å²) in [5, 5.41) is 0. The Labute approximate surface area is 593 Å². The highest BCUT2D eigenvalue weighted by Gasteiger charge is 2.56. The molecule has 0 bridgehead atoms. The normalized spacial score (nSPS) is 32.4. The number of thioether (sulfide) groups is 2. The summed E-state index contributed by atoms with van der Waals surface area (Å²) in [6.45, 7) is 14.7. The van der Waals surface area contributed by atoms with Gasteiger partial charge in [-0.1, -0.05) is 212 Å². The molecule has 0 amide bonds. The van der Waals surface area contributed by atoms with E-state index in [0.717, 1.165) is 21.8 Å². The van der Waals surface area contributed by atoms with E-state index in [0.29, 0.717) is 35.1 Å². The number of fused-ring (bicyclic) bond motifs is 2. The average Bonchev–Trinajstić information content (AvgIpc) is 0.772. The van der Waals surface area contributed by atoms with Crippen LogP contribution in [0.3, 0.4) is 0 Å². The van der Waals surface area contributed by atoms with Crippen LogP contribution < -0.4 is 0 Å². The van der Waals surface area contributed by atoms with Crippen LogP contribution in [-0.2, 0) is 66.3 Å². The lowest BCUT2D eigenvalue weighted by Crippen LogP contribution is -2.62. The topological polar surface area (TPSA) is 198 Å². The summed E-state index contributed by atoms with van der Waals surface area (Å²) >= 11 is 3.11. The molecule has 0 spiro atoms.